The van der Waals surface area contributed by atoms with Gasteiger partial charge in [0.05, 0.1) is 5.02 Å². The summed E-state index contributed by atoms with van der Waals surface area (Å²) < 4.78 is 13.1. The zero-order valence-corrected chi connectivity index (χ0v) is 13.5. The van der Waals surface area contributed by atoms with Gasteiger partial charge in [-0.05, 0) is 31.2 Å². The molecule has 0 fully saturated rings. The van der Waals surface area contributed by atoms with E-state index >= 15 is 0 Å². The molecule has 0 heterocycles. The topological polar surface area (TPSA) is 45.7 Å². The van der Waals surface area contributed by atoms with Crippen LogP contribution in [0.3, 0.4) is 0 Å². The molecular weight excluding hydrogens is 326 g/mol. The standard InChI is InChI=1S/C16H15Cl2FN2O/c1-10(12-4-2-3-5-13(12)17)20-9-16(22)21-11-6-7-15(19)14(18)8-11/h2-8,10,20H,9H2,1H3,(H,21,22)/p+1/t10-/m0/s1. The van der Waals surface area contributed by atoms with Crippen molar-refractivity contribution < 1.29 is 14.5 Å². The maximum atomic E-state index is 13.1. The van der Waals surface area contributed by atoms with E-state index in [2.05, 4.69) is 5.32 Å². The fraction of sp³-hybridized carbons (Fsp3) is 0.188. The van der Waals surface area contributed by atoms with Crippen molar-refractivity contribution in [1.29, 1.82) is 0 Å². The summed E-state index contributed by atoms with van der Waals surface area (Å²) >= 11 is 11.8. The quantitative estimate of drug-likeness (QED) is 0.860. The monoisotopic (exact) mass is 341 g/mol. The SMILES string of the molecule is C[C@H]([NH2+]CC(=O)Nc1ccc(F)c(Cl)c1)c1ccccc1Cl. The van der Waals surface area contributed by atoms with Gasteiger partial charge in [0.15, 0.2) is 6.54 Å². The van der Waals surface area contributed by atoms with Crippen LogP contribution in [0.1, 0.15) is 18.5 Å². The number of halogens is 3. The predicted molar refractivity (Wildman–Crippen MR) is 86.7 cm³/mol. The lowest BCUT2D eigenvalue weighted by atomic mass is 10.1. The van der Waals surface area contributed by atoms with Gasteiger partial charge in [0.2, 0.25) is 0 Å². The van der Waals surface area contributed by atoms with Crippen molar-refractivity contribution >= 4 is 34.8 Å². The number of carbonyl (C=O) groups excluding carboxylic acids is 1. The van der Waals surface area contributed by atoms with Crippen molar-refractivity contribution in [2.75, 3.05) is 11.9 Å². The van der Waals surface area contributed by atoms with Crippen LogP contribution in [-0.4, -0.2) is 12.5 Å². The van der Waals surface area contributed by atoms with E-state index < -0.39 is 5.82 Å². The largest absolute Gasteiger partial charge is 0.332 e. The van der Waals surface area contributed by atoms with Gasteiger partial charge in [0, 0.05) is 16.3 Å². The number of benzene rings is 2. The number of hydrogen-bond donors (Lipinski definition) is 2. The lowest BCUT2D eigenvalue weighted by molar-refractivity contribution is -0.682. The lowest BCUT2D eigenvalue weighted by Gasteiger charge is -2.12. The van der Waals surface area contributed by atoms with Gasteiger partial charge in [-0.25, -0.2) is 4.39 Å². The molecule has 2 aromatic rings. The second-order valence-electron chi connectivity index (χ2n) is 4.93. The Labute approximate surface area is 138 Å². The molecule has 0 bridgehead atoms. The first-order valence-electron chi connectivity index (χ1n) is 6.80. The normalized spacial score (nSPS) is 12.0. The zero-order valence-electron chi connectivity index (χ0n) is 11.9. The highest BCUT2D eigenvalue weighted by Crippen LogP contribution is 2.20. The number of quaternary nitrogens is 1. The van der Waals surface area contributed by atoms with Crippen LogP contribution in [0.4, 0.5) is 10.1 Å². The third kappa shape index (κ3) is 4.44. The molecule has 0 aliphatic rings. The number of nitrogens with two attached hydrogens (primary N) is 1. The second-order valence-corrected chi connectivity index (χ2v) is 5.74. The van der Waals surface area contributed by atoms with Gasteiger partial charge in [-0.1, -0.05) is 41.4 Å². The molecule has 3 N–H and O–H groups in total. The van der Waals surface area contributed by atoms with Crippen molar-refractivity contribution in [3.8, 4) is 0 Å². The summed E-state index contributed by atoms with van der Waals surface area (Å²) in [7, 11) is 0. The Bertz CT molecular complexity index is 679. The van der Waals surface area contributed by atoms with E-state index in [4.69, 9.17) is 23.2 Å². The first-order valence-corrected chi connectivity index (χ1v) is 7.55. The third-order valence-electron chi connectivity index (χ3n) is 3.26. The van der Waals surface area contributed by atoms with Crippen LogP contribution in [0.15, 0.2) is 42.5 Å². The highest BCUT2D eigenvalue weighted by molar-refractivity contribution is 6.31. The van der Waals surface area contributed by atoms with E-state index in [1.165, 1.54) is 18.2 Å². The molecule has 22 heavy (non-hydrogen) atoms. The van der Waals surface area contributed by atoms with Gasteiger partial charge >= 0.3 is 0 Å². The average molecular weight is 342 g/mol. The molecule has 6 heteroatoms. The molecule has 0 aliphatic carbocycles. The van der Waals surface area contributed by atoms with Crippen LogP contribution in [0.2, 0.25) is 10.0 Å². The first kappa shape index (κ1) is 16.7. The summed E-state index contributed by atoms with van der Waals surface area (Å²) in [6.45, 7) is 2.20. The number of nitrogens with one attached hydrogen (secondary N) is 1. The van der Waals surface area contributed by atoms with Crippen molar-refractivity contribution in [3.63, 3.8) is 0 Å². The zero-order chi connectivity index (χ0) is 16.1. The molecule has 1 atom stereocenters. The highest BCUT2D eigenvalue weighted by Gasteiger charge is 2.14. The Balaban J connectivity index is 1.90. The van der Waals surface area contributed by atoms with Crippen LogP contribution in [0, 0.1) is 5.82 Å². The van der Waals surface area contributed by atoms with Crippen LogP contribution in [0.5, 0.6) is 0 Å². The van der Waals surface area contributed by atoms with Crippen molar-refractivity contribution in [2.24, 2.45) is 0 Å². The minimum Gasteiger partial charge on any atom is -0.332 e. The van der Waals surface area contributed by atoms with Crippen molar-refractivity contribution in [2.45, 2.75) is 13.0 Å². The number of hydrogen-bond acceptors (Lipinski definition) is 1. The molecule has 0 saturated carbocycles. The highest BCUT2D eigenvalue weighted by atomic mass is 35.5. The molecule has 1 amide bonds. The van der Waals surface area contributed by atoms with E-state index in [-0.39, 0.29) is 23.5 Å². The molecule has 0 saturated heterocycles. The summed E-state index contributed by atoms with van der Waals surface area (Å²) in [5.41, 5.74) is 1.44. The summed E-state index contributed by atoms with van der Waals surface area (Å²) in [5, 5.41) is 5.21. The van der Waals surface area contributed by atoms with Gasteiger partial charge in [0.1, 0.15) is 11.9 Å². The van der Waals surface area contributed by atoms with Crippen LogP contribution < -0.4 is 10.6 Å². The third-order valence-corrected chi connectivity index (χ3v) is 3.89. The van der Waals surface area contributed by atoms with E-state index in [0.29, 0.717) is 10.7 Å². The smallest absolute Gasteiger partial charge is 0.279 e. The van der Waals surface area contributed by atoms with Crippen molar-refractivity contribution in [1.82, 2.24) is 0 Å². The van der Waals surface area contributed by atoms with E-state index in [9.17, 15) is 9.18 Å². The molecule has 3 nitrogen and oxygen atoms in total. The van der Waals surface area contributed by atoms with Crippen LogP contribution >= 0.6 is 23.2 Å². The lowest BCUT2D eigenvalue weighted by Crippen LogP contribution is -2.86. The molecule has 116 valence electrons. The van der Waals surface area contributed by atoms with Crippen LogP contribution in [-0.2, 0) is 4.79 Å². The number of amides is 1. The van der Waals surface area contributed by atoms with E-state index in [1.807, 2.05) is 36.5 Å². The molecule has 0 spiro atoms. The minimum atomic E-state index is -0.515. The molecular formula is C16H16Cl2FN2O+. The fourth-order valence-corrected chi connectivity index (χ4v) is 2.53. The van der Waals surface area contributed by atoms with E-state index in [0.717, 1.165) is 5.56 Å². The Morgan fingerprint density at radius 1 is 1.23 bits per heavy atom. The van der Waals surface area contributed by atoms with Gasteiger partial charge in [-0.2, -0.15) is 0 Å². The molecule has 0 aromatic heterocycles. The second kappa shape index (κ2) is 7.58. The molecule has 2 aromatic carbocycles. The number of anilines is 1. The Morgan fingerprint density at radius 3 is 2.64 bits per heavy atom. The number of rotatable bonds is 5. The summed E-state index contributed by atoms with van der Waals surface area (Å²) in [6.07, 6.45) is 0. The fourth-order valence-electron chi connectivity index (χ4n) is 2.04. The molecule has 2 rings (SSSR count). The maximum absolute atomic E-state index is 13.1. The van der Waals surface area contributed by atoms with Crippen molar-refractivity contribution in [3.05, 3.63) is 63.9 Å². The van der Waals surface area contributed by atoms with Gasteiger partial charge in [0.25, 0.3) is 5.91 Å². The average Bonchev–Trinajstić information content (AvgIpc) is 2.49. The van der Waals surface area contributed by atoms with E-state index in [1.54, 1.807) is 0 Å². The minimum absolute atomic E-state index is 0.0220. The Morgan fingerprint density at radius 2 is 1.95 bits per heavy atom. The Hall–Kier alpha value is -1.62. The van der Waals surface area contributed by atoms with Gasteiger partial charge in [-0.3, -0.25) is 4.79 Å². The predicted octanol–water partition coefficient (Wildman–Crippen LogP) is 3.40. The Kier molecular flexibility index (Phi) is 5.77. The molecule has 0 aliphatic heterocycles. The molecule has 0 unspecified atom stereocenters. The summed E-state index contributed by atoms with van der Waals surface area (Å²) in [4.78, 5) is 11.9. The summed E-state index contributed by atoms with van der Waals surface area (Å²) in [6, 6.07) is 11.6. The van der Waals surface area contributed by atoms with Gasteiger partial charge < -0.3 is 10.6 Å². The molecule has 0 radical (unpaired) electrons. The maximum Gasteiger partial charge on any atom is 0.279 e. The van der Waals surface area contributed by atoms with Crippen LogP contribution in [0.25, 0.3) is 0 Å². The number of carbonyl (C=O) groups is 1. The first-order chi connectivity index (χ1) is 10.5. The summed E-state index contributed by atoms with van der Waals surface area (Å²) in [5.74, 6) is -0.708. The van der Waals surface area contributed by atoms with Gasteiger partial charge in [-0.15, -0.1) is 0 Å².